The van der Waals surface area contributed by atoms with Gasteiger partial charge in [0.15, 0.2) is 5.82 Å². The summed E-state index contributed by atoms with van der Waals surface area (Å²) in [5.41, 5.74) is 2.57. The van der Waals surface area contributed by atoms with Crippen molar-refractivity contribution in [2.24, 2.45) is 7.05 Å². The third-order valence-corrected chi connectivity index (χ3v) is 5.07. The predicted octanol–water partition coefficient (Wildman–Crippen LogP) is 1.47. The van der Waals surface area contributed by atoms with Crippen LogP contribution in [-0.2, 0) is 20.0 Å². The number of hydrogen-bond donors (Lipinski definition) is 1. The molecule has 0 amide bonds. The van der Waals surface area contributed by atoms with Crippen LogP contribution in [0.25, 0.3) is 0 Å². The molecule has 1 aromatic carbocycles. The van der Waals surface area contributed by atoms with Crippen LogP contribution in [0.3, 0.4) is 0 Å². The Labute approximate surface area is 147 Å². The first kappa shape index (κ1) is 16.1. The van der Waals surface area contributed by atoms with Gasteiger partial charge in [0.1, 0.15) is 5.75 Å². The van der Waals surface area contributed by atoms with Gasteiger partial charge in [-0.05, 0) is 30.0 Å². The van der Waals surface area contributed by atoms with Crippen LogP contribution in [0, 0.1) is 0 Å². The first-order valence-corrected chi connectivity index (χ1v) is 8.95. The van der Waals surface area contributed by atoms with Crippen molar-refractivity contribution < 1.29 is 4.74 Å². The van der Waals surface area contributed by atoms with E-state index in [0.717, 1.165) is 51.3 Å². The third kappa shape index (κ3) is 3.39. The Bertz CT molecular complexity index is 817. The Morgan fingerprint density at radius 3 is 3.24 bits per heavy atom. The number of nitrogens with zero attached hydrogens (tertiary/aromatic N) is 3. The maximum absolute atomic E-state index is 12.3. The van der Waals surface area contributed by atoms with E-state index in [9.17, 15) is 4.79 Å². The van der Waals surface area contributed by atoms with E-state index < -0.39 is 0 Å². The first-order chi connectivity index (χ1) is 12.2. The minimum absolute atomic E-state index is 0.0261. The summed E-state index contributed by atoms with van der Waals surface area (Å²) in [4.78, 5) is 18.7. The van der Waals surface area contributed by atoms with E-state index in [1.54, 1.807) is 24.0 Å². The summed E-state index contributed by atoms with van der Waals surface area (Å²) in [6, 6.07) is 6.81. The fourth-order valence-corrected chi connectivity index (χ4v) is 3.65. The zero-order chi connectivity index (χ0) is 17.2. The first-order valence-electron chi connectivity index (χ1n) is 8.95. The number of fused-ring (bicyclic) bond motifs is 1. The van der Waals surface area contributed by atoms with Crippen LogP contribution in [0.1, 0.15) is 24.0 Å². The van der Waals surface area contributed by atoms with Gasteiger partial charge in [0.2, 0.25) is 0 Å². The van der Waals surface area contributed by atoms with Gasteiger partial charge >= 0.3 is 0 Å². The van der Waals surface area contributed by atoms with Gasteiger partial charge in [0, 0.05) is 51.5 Å². The Balaban J connectivity index is 1.40. The summed E-state index contributed by atoms with van der Waals surface area (Å²) < 4.78 is 7.16. The van der Waals surface area contributed by atoms with Gasteiger partial charge in [-0.15, -0.1) is 0 Å². The number of aromatic nitrogens is 2. The van der Waals surface area contributed by atoms with Crippen LogP contribution in [0.2, 0.25) is 0 Å². The van der Waals surface area contributed by atoms with Crippen LogP contribution in [-0.4, -0.2) is 35.3 Å². The molecule has 132 valence electrons. The molecule has 0 spiro atoms. The lowest BCUT2D eigenvalue weighted by Gasteiger charge is -2.33. The molecule has 6 heteroatoms. The normalized spacial score (nSPS) is 19.6. The van der Waals surface area contributed by atoms with Crippen molar-refractivity contribution in [3.8, 4) is 5.75 Å². The van der Waals surface area contributed by atoms with Crippen molar-refractivity contribution in [1.82, 2.24) is 14.9 Å². The number of anilines is 1. The molecule has 1 unspecified atom stereocenters. The van der Waals surface area contributed by atoms with Crippen LogP contribution >= 0.6 is 0 Å². The highest BCUT2D eigenvalue weighted by Crippen LogP contribution is 2.26. The topological polar surface area (TPSA) is 59.4 Å². The molecule has 2 aromatic rings. The largest absolute Gasteiger partial charge is 0.493 e. The maximum Gasteiger partial charge on any atom is 0.293 e. The molecule has 4 rings (SSSR count). The average molecular weight is 340 g/mol. The molecule has 2 aliphatic heterocycles. The van der Waals surface area contributed by atoms with E-state index in [4.69, 9.17) is 4.74 Å². The minimum Gasteiger partial charge on any atom is -0.493 e. The molecule has 0 radical (unpaired) electrons. The van der Waals surface area contributed by atoms with Crippen molar-refractivity contribution >= 4 is 5.82 Å². The molecule has 1 saturated heterocycles. The average Bonchev–Trinajstić information content (AvgIpc) is 3.10. The zero-order valence-electron chi connectivity index (χ0n) is 14.6. The van der Waals surface area contributed by atoms with Crippen LogP contribution in [0.15, 0.2) is 35.4 Å². The second kappa shape index (κ2) is 6.88. The van der Waals surface area contributed by atoms with Crippen molar-refractivity contribution in [3.05, 3.63) is 52.1 Å². The Hall–Kier alpha value is -2.34. The van der Waals surface area contributed by atoms with Crippen molar-refractivity contribution in [2.75, 3.05) is 24.6 Å². The minimum atomic E-state index is -0.0261. The highest BCUT2D eigenvalue weighted by atomic mass is 16.5. The predicted molar refractivity (Wildman–Crippen MR) is 97.2 cm³/mol. The number of ether oxygens (including phenoxy) is 1. The Morgan fingerprint density at radius 2 is 2.32 bits per heavy atom. The highest BCUT2D eigenvalue weighted by molar-refractivity contribution is 5.40. The smallest absolute Gasteiger partial charge is 0.293 e. The molecule has 1 fully saturated rings. The fraction of sp³-hybridized carbons (Fsp3) is 0.474. The molecule has 2 aliphatic rings. The zero-order valence-corrected chi connectivity index (χ0v) is 14.6. The van der Waals surface area contributed by atoms with Crippen LogP contribution in [0.4, 0.5) is 5.82 Å². The molecule has 0 saturated carbocycles. The summed E-state index contributed by atoms with van der Waals surface area (Å²) in [5.74, 6) is 1.59. The van der Waals surface area contributed by atoms with Gasteiger partial charge in [0.25, 0.3) is 5.56 Å². The second-order valence-corrected chi connectivity index (χ2v) is 6.87. The lowest BCUT2D eigenvalue weighted by atomic mass is 10.0. The Morgan fingerprint density at radius 1 is 1.40 bits per heavy atom. The molecule has 0 bridgehead atoms. The third-order valence-electron chi connectivity index (χ3n) is 5.07. The lowest BCUT2D eigenvalue weighted by molar-refractivity contribution is 0.356. The van der Waals surface area contributed by atoms with Crippen molar-refractivity contribution in [3.63, 3.8) is 0 Å². The summed E-state index contributed by atoms with van der Waals surface area (Å²) >= 11 is 0. The van der Waals surface area contributed by atoms with Crippen molar-refractivity contribution in [1.29, 1.82) is 0 Å². The van der Waals surface area contributed by atoms with E-state index in [-0.39, 0.29) is 5.56 Å². The van der Waals surface area contributed by atoms with E-state index in [1.807, 2.05) is 0 Å². The number of hydrogen-bond acceptors (Lipinski definition) is 5. The quantitative estimate of drug-likeness (QED) is 0.913. The second-order valence-electron chi connectivity index (χ2n) is 6.87. The molecule has 3 heterocycles. The fourth-order valence-electron chi connectivity index (χ4n) is 3.65. The van der Waals surface area contributed by atoms with Gasteiger partial charge in [-0.3, -0.25) is 4.79 Å². The molecular formula is C19H24N4O2. The molecule has 1 atom stereocenters. The molecule has 1 N–H and O–H groups in total. The van der Waals surface area contributed by atoms with E-state index in [2.05, 4.69) is 33.4 Å². The van der Waals surface area contributed by atoms with Crippen LogP contribution in [0.5, 0.6) is 5.75 Å². The summed E-state index contributed by atoms with van der Waals surface area (Å²) in [6.45, 7) is 3.34. The molecular weight excluding hydrogens is 316 g/mol. The standard InChI is InChI=1S/C19H24N4O2/c1-22-9-7-20-18(19(22)24)23-8-2-3-16(13-23)21-12-14-4-5-17-15(11-14)6-10-25-17/h4-5,7,9,11,16,21H,2-3,6,8,10,12-13H2,1H3. The summed E-state index contributed by atoms with van der Waals surface area (Å²) in [6.07, 6.45) is 6.58. The monoisotopic (exact) mass is 340 g/mol. The molecule has 25 heavy (non-hydrogen) atoms. The summed E-state index contributed by atoms with van der Waals surface area (Å²) in [5, 5.41) is 3.64. The number of nitrogens with one attached hydrogen (secondary N) is 1. The van der Waals surface area contributed by atoms with Gasteiger partial charge in [-0.1, -0.05) is 12.1 Å². The van der Waals surface area contributed by atoms with Gasteiger partial charge < -0.3 is 19.5 Å². The Kier molecular flexibility index (Phi) is 4.44. The van der Waals surface area contributed by atoms with E-state index in [0.29, 0.717) is 11.9 Å². The summed E-state index contributed by atoms with van der Waals surface area (Å²) in [7, 11) is 1.77. The van der Waals surface area contributed by atoms with E-state index >= 15 is 0 Å². The van der Waals surface area contributed by atoms with Crippen LogP contribution < -0.4 is 20.5 Å². The maximum atomic E-state index is 12.3. The number of piperidine rings is 1. The highest BCUT2D eigenvalue weighted by Gasteiger charge is 2.23. The van der Waals surface area contributed by atoms with E-state index in [1.165, 1.54) is 11.1 Å². The van der Waals surface area contributed by atoms with Gasteiger partial charge in [-0.25, -0.2) is 4.98 Å². The number of aryl methyl sites for hydroxylation is 1. The number of rotatable bonds is 4. The molecule has 0 aliphatic carbocycles. The van der Waals surface area contributed by atoms with Gasteiger partial charge in [-0.2, -0.15) is 0 Å². The lowest BCUT2D eigenvalue weighted by Crippen LogP contribution is -2.47. The number of benzene rings is 1. The molecule has 1 aromatic heterocycles. The van der Waals surface area contributed by atoms with Gasteiger partial charge in [0.05, 0.1) is 6.61 Å². The van der Waals surface area contributed by atoms with Crippen molar-refractivity contribution in [2.45, 2.75) is 31.8 Å². The SMILES string of the molecule is Cn1ccnc(N2CCCC(NCc3ccc4c(c3)CCO4)C2)c1=O. The molecule has 6 nitrogen and oxygen atoms in total.